The molecule has 2 heterocycles. The maximum Gasteiger partial charge on any atom is 0.297 e. The largest absolute Gasteiger partial charge is 0.361 e. The van der Waals surface area contributed by atoms with Gasteiger partial charge in [0.2, 0.25) is 0 Å². The van der Waals surface area contributed by atoms with Crippen molar-refractivity contribution in [1.82, 2.24) is 10.3 Å². The van der Waals surface area contributed by atoms with E-state index in [1.54, 1.807) is 18.2 Å². The van der Waals surface area contributed by atoms with E-state index < -0.39 is 16.2 Å². The van der Waals surface area contributed by atoms with Crippen molar-refractivity contribution in [2.75, 3.05) is 6.61 Å². The number of H-pyrrole nitrogens is 1. The van der Waals surface area contributed by atoms with E-state index in [-0.39, 0.29) is 17.4 Å². The zero-order valence-corrected chi connectivity index (χ0v) is 15.0. The van der Waals surface area contributed by atoms with Gasteiger partial charge in [-0.05, 0) is 43.2 Å². The Balaban J connectivity index is 1.55. The first-order chi connectivity index (χ1) is 12.4. The lowest BCUT2D eigenvalue weighted by molar-refractivity contribution is 0.0926. The molecule has 0 aliphatic carbocycles. The fourth-order valence-electron chi connectivity index (χ4n) is 3.23. The third-order valence-electron chi connectivity index (χ3n) is 4.57. The predicted molar refractivity (Wildman–Crippen MR) is 97.6 cm³/mol. The van der Waals surface area contributed by atoms with Crippen LogP contribution in [0.3, 0.4) is 0 Å². The number of amides is 1. The minimum Gasteiger partial charge on any atom is -0.361 e. The zero-order chi connectivity index (χ0) is 18.3. The third-order valence-corrected chi connectivity index (χ3v) is 5.86. The Labute approximate surface area is 151 Å². The Morgan fingerprint density at radius 3 is 2.69 bits per heavy atom. The summed E-state index contributed by atoms with van der Waals surface area (Å²) in [6.07, 6.45) is 2.35. The Kier molecular flexibility index (Phi) is 4.05. The third kappa shape index (κ3) is 3.00. The van der Waals surface area contributed by atoms with Gasteiger partial charge in [-0.15, -0.1) is 0 Å². The molecule has 0 bridgehead atoms. The zero-order valence-electron chi connectivity index (χ0n) is 14.2. The molecule has 0 radical (unpaired) electrons. The summed E-state index contributed by atoms with van der Waals surface area (Å²) >= 11 is 0. The van der Waals surface area contributed by atoms with Crippen LogP contribution in [0, 0.1) is 6.92 Å². The van der Waals surface area contributed by atoms with Gasteiger partial charge in [-0.2, -0.15) is 8.42 Å². The highest BCUT2D eigenvalue weighted by molar-refractivity contribution is 7.86. The van der Waals surface area contributed by atoms with E-state index in [1.165, 1.54) is 12.1 Å². The molecule has 2 N–H and O–H groups in total. The summed E-state index contributed by atoms with van der Waals surface area (Å²) in [6.45, 7) is 1.76. The van der Waals surface area contributed by atoms with Crippen LogP contribution in [0.5, 0.6) is 0 Å². The summed E-state index contributed by atoms with van der Waals surface area (Å²) in [5.74, 6) is -0.227. The molecular formula is C19H18N2O4S. The number of benzene rings is 2. The minimum atomic E-state index is -3.87. The van der Waals surface area contributed by atoms with E-state index in [0.29, 0.717) is 12.0 Å². The quantitative estimate of drug-likeness (QED) is 0.691. The highest BCUT2D eigenvalue weighted by atomic mass is 32.2. The molecular weight excluding hydrogens is 352 g/mol. The lowest BCUT2D eigenvalue weighted by atomic mass is 10.0. The average Bonchev–Trinajstić information content (AvgIpc) is 2.96. The van der Waals surface area contributed by atoms with Crippen LogP contribution in [0.4, 0.5) is 0 Å². The number of aryl methyl sites for hydroxylation is 1. The second-order valence-electron chi connectivity index (χ2n) is 6.47. The van der Waals surface area contributed by atoms with E-state index in [4.69, 9.17) is 4.18 Å². The molecule has 6 nitrogen and oxygen atoms in total. The summed E-state index contributed by atoms with van der Waals surface area (Å²) < 4.78 is 30.0. The van der Waals surface area contributed by atoms with Crippen LogP contribution in [-0.4, -0.2) is 32.0 Å². The number of nitrogens with one attached hydrogen (secondary N) is 2. The van der Waals surface area contributed by atoms with Crippen LogP contribution in [-0.2, 0) is 20.7 Å². The van der Waals surface area contributed by atoms with Crippen molar-refractivity contribution in [2.24, 2.45) is 0 Å². The van der Waals surface area contributed by atoms with Gasteiger partial charge < -0.3 is 10.3 Å². The number of carbonyl (C=O) groups is 1. The van der Waals surface area contributed by atoms with Crippen molar-refractivity contribution in [3.63, 3.8) is 0 Å². The number of aromatic amines is 1. The first kappa shape index (κ1) is 16.8. The standard InChI is InChI=1S/C19H18N2O4S/c1-12-5-7-15(8-6-12)26(23,24)25-11-14-9-13-10-20-17-4-2-3-16(18(13)17)19(22)21-14/h2-8,10,14,20H,9,11H2,1H3,(H,21,22). The summed E-state index contributed by atoms with van der Waals surface area (Å²) in [5.41, 5.74) is 3.41. The van der Waals surface area contributed by atoms with Gasteiger partial charge in [0.1, 0.15) is 0 Å². The first-order valence-corrected chi connectivity index (χ1v) is 9.71. The van der Waals surface area contributed by atoms with Gasteiger partial charge in [0.15, 0.2) is 0 Å². The van der Waals surface area contributed by atoms with Crippen molar-refractivity contribution in [3.05, 3.63) is 65.4 Å². The van der Waals surface area contributed by atoms with Gasteiger partial charge in [-0.25, -0.2) is 0 Å². The Morgan fingerprint density at radius 2 is 1.92 bits per heavy atom. The maximum atomic E-state index is 12.5. The van der Waals surface area contributed by atoms with Crippen molar-refractivity contribution in [3.8, 4) is 0 Å². The highest BCUT2D eigenvalue weighted by Crippen LogP contribution is 2.26. The number of aromatic nitrogens is 1. The summed E-state index contributed by atoms with van der Waals surface area (Å²) in [4.78, 5) is 15.8. The molecule has 7 heteroatoms. The van der Waals surface area contributed by atoms with Gasteiger partial charge in [0, 0.05) is 22.7 Å². The van der Waals surface area contributed by atoms with Gasteiger partial charge >= 0.3 is 0 Å². The second kappa shape index (κ2) is 6.26. The molecule has 0 fully saturated rings. The van der Waals surface area contributed by atoms with E-state index in [2.05, 4.69) is 10.3 Å². The Morgan fingerprint density at radius 1 is 1.15 bits per heavy atom. The molecule has 1 amide bonds. The van der Waals surface area contributed by atoms with Crippen molar-refractivity contribution >= 4 is 26.9 Å². The lowest BCUT2D eigenvalue weighted by Crippen LogP contribution is -2.39. The van der Waals surface area contributed by atoms with E-state index in [1.807, 2.05) is 25.3 Å². The molecule has 1 aliphatic heterocycles. The Hall–Kier alpha value is -2.64. The number of carbonyl (C=O) groups excluding carboxylic acids is 1. The fraction of sp³-hybridized carbons (Fsp3) is 0.211. The molecule has 3 aromatic rings. The normalized spacial score (nSPS) is 17.1. The molecule has 1 unspecified atom stereocenters. The van der Waals surface area contributed by atoms with Crippen molar-refractivity contribution in [1.29, 1.82) is 0 Å². The van der Waals surface area contributed by atoms with Gasteiger partial charge in [-0.3, -0.25) is 8.98 Å². The van der Waals surface area contributed by atoms with Crippen LogP contribution in [0.2, 0.25) is 0 Å². The Bertz CT molecular complexity index is 1080. The lowest BCUT2D eigenvalue weighted by Gasteiger charge is -2.16. The molecule has 1 atom stereocenters. The minimum absolute atomic E-state index is 0.107. The maximum absolute atomic E-state index is 12.5. The van der Waals surface area contributed by atoms with Crippen LogP contribution in [0.15, 0.2) is 53.6 Å². The smallest absolute Gasteiger partial charge is 0.297 e. The van der Waals surface area contributed by atoms with E-state index >= 15 is 0 Å². The molecule has 26 heavy (non-hydrogen) atoms. The molecule has 2 aromatic carbocycles. The molecule has 134 valence electrons. The van der Waals surface area contributed by atoms with Gasteiger partial charge in [-0.1, -0.05) is 23.8 Å². The van der Waals surface area contributed by atoms with Crippen molar-refractivity contribution in [2.45, 2.75) is 24.3 Å². The summed E-state index contributed by atoms with van der Waals surface area (Å²) in [5, 5.41) is 3.75. The topological polar surface area (TPSA) is 88.3 Å². The van der Waals surface area contributed by atoms with Crippen LogP contribution >= 0.6 is 0 Å². The van der Waals surface area contributed by atoms with Crippen molar-refractivity contribution < 1.29 is 17.4 Å². The van der Waals surface area contributed by atoms with E-state index in [9.17, 15) is 13.2 Å². The fourth-order valence-corrected chi connectivity index (χ4v) is 4.18. The molecule has 1 aromatic heterocycles. The molecule has 0 saturated carbocycles. The second-order valence-corrected chi connectivity index (χ2v) is 8.08. The molecule has 0 saturated heterocycles. The monoisotopic (exact) mass is 370 g/mol. The van der Waals surface area contributed by atoms with Crippen LogP contribution < -0.4 is 5.32 Å². The molecule has 4 rings (SSSR count). The summed E-state index contributed by atoms with van der Waals surface area (Å²) in [6, 6.07) is 11.5. The number of hydrogen-bond acceptors (Lipinski definition) is 4. The SMILES string of the molecule is Cc1ccc(S(=O)(=O)OCC2Cc3c[nH]c4cccc(c34)C(=O)N2)cc1. The predicted octanol–water partition coefficient (Wildman–Crippen LogP) is 2.54. The van der Waals surface area contributed by atoms with E-state index in [0.717, 1.165) is 22.0 Å². The molecule has 1 aliphatic rings. The number of hydrogen-bond donors (Lipinski definition) is 2. The molecule has 0 spiro atoms. The van der Waals surface area contributed by atoms with Gasteiger partial charge in [0.25, 0.3) is 16.0 Å². The first-order valence-electron chi connectivity index (χ1n) is 8.30. The van der Waals surface area contributed by atoms with Crippen LogP contribution in [0.25, 0.3) is 10.9 Å². The average molecular weight is 370 g/mol. The number of rotatable bonds is 4. The summed E-state index contributed by atoms with van der Waals surface area (Å²) in [7, 11) is -3.87. The van der Waals surface area contributed by atoms with Crippen LogP contribution in [0.1, 0.15) is 21.5 Å². The highest BCUT2D eigenvalue weighted by Gasteiger charge is 2.26. The van der Waals surface area contributed by atoms with Gasteiger partial charge in [0.05, 0.1) is 17.5 Å².